The topological polar surface area (TPSA) is 47.6 Å². The summed E-state index contributed by atoms with van der Waals surface area (Å²) >= 11 is 0. The Morgan fingerprint density at radius 1 is 1.44 bits per heavy atom. The predicted molar refractivity (Wildman–Crippen MR) is 71.5 cm³/mol. The molecule has 1 aromatic carbocycles. The molecule has 0 saturated heterocycles. The van der Waals surface area contributed by atoms with Crippen LogP contribution in [0.5, 0.6) is 5.75 Å². The molecule has 1 atom stereocenters. The van der Waals surface area contributed by atoms with Gasteiger partial charge in [-0.3, -0.25) is 4.79 Å². The highest BCUT2D eigenvalue weighted by Gasteiger charge is 2.03. The van der Waals surface area contributed by atoms with E-state index in [1.165, 1.54) is 6.08 Å². The lowest BCUT2D eigenvalue weighted by atomic mass is 10.2. The second-order valence-electron chi connectivity index (χ2n) is 3.97. The average Bonchev–Trinajstić information content (AvgIpc) is 2.37. The van der Waals surface area contributed by atoms with E-state index in [0.717, 1.165) is 11.3 Å². The first-order valence-corrected chi connectivity index (χ1v) is 5.77. The second kappa shape index (κ2) is 7.50. The van der Waals surface area contributed by atoms with Crippen molar-refractivity contribution in [1.29, 1.82) is 0 Å². The summed E-state index contributed by atoms with van der Waals surface area (Å²) in [5, 5.41) is 2.80. The Balaban J connectivity index is 2.54. The van der Waals surface area contributed by atoms with Crippen molar-refractivity contribution in [3.8, 4) is 5.75 Å². The summed E-state index contributed by atoms with van der Waals surface area (Å²) in [5.74, 6) is 0.632. The van der Waals surface area contributed by atoms with Gasteiger partial charge in [-0.05, 0) is 30.7 Å². The molecule has 0 bridgehead atoms. The lowest BCUT2D eigenvalue weighted by molar-refractivity contribution is -0.117. The summed E-state index contributed by atoms with van der Waals surface area (Å²) in [7, 11) is 3.22. The lowest BCUT2D eigenvalue weighted by Crippen LogP contribution is -2.34. The first-order chi connectivity index (χ1) is 8.65. The van der Waals surface area contributed by atoms with E-state index in [0.29, 0.717) is 6.61 Å². The van der Waals surface area contributed by atoms with Gasteiger partial charge in [0.05, 0.1) is 13.7 Å². The van der Waals surface area contributed by atoms with Crippen LogP contribution in [0.1, 0.15) is 12.5 Å². The summed E-state index contributed by atoms with van der Waals surface area (Å²) in [6.07, 6.45) is 3.25. The lowest BCUT2D eigenvalue weighted by Gasteiger charge is -2.10. The minimum Gasteiger partial charge on any atom is -0.497 e. The Bertz CT molecular complexity index is 415. The predicted octanol–water partition coefficient (Wildman–Crippen LogP) is 1.86. The Hall–Kier alpha value is -1.81. The van der Waals surface area contributed by atoms with Crippen LogP contribution < -0.4 is 10.1 Å². The second-order valence-corrected chi connectivity index (χ2v) is 3.97. The molecule has 0 radical (unpaired) electrons. The minimum absolute atomic E-state index is 0.00235. The normalized spacial score (nSPS) is 12.4. The largest absolute Gasteiger partial charge is 0.497 e. The molecule has 4 heteroatoms. The molecule has 0 heterocycles. The highest BCUT2D eigenvalue weighted by atomic mass is 16.5. The van der Waals surface area contributed by atoms with Crippen molar-refractivity contribution < 1.29 is 14.3 Å². The molecule has 1 aromatic rings. The van der Waals surface area contributed by atoms with E-state index in [1.807, 2.05) is 31.2 Å². The first kappa shape index (κ1) is 14.3. The molecule has 1 rings (SSSR count). The number of carbonyl (C=O) groups is 1. The maximum atomic E-state index is 11.6. The third kappa shape index (κ3) is 5.01. The molecule has 0 spiro atoms. The first-order valence-electron chi connectivity index (χ1n) is 5.77. The van der Waals surface area contributed by atoms with Gasteiger partial charge in [0.25, 0.3) is 0 Å². The van der Waals surface area contributed by atoms with Crippen molar-refractivity contribution in [3.63, 3.8) is 0 Å². The van der Waals surface area contributed by atoms with Crippen molar-refractivity contribution in [2.45, 2.75) is 13.0 Å². The van der Waals surface area contributed by atoms with Gasteiger partial charge in [-0.2, -0.15) is 0 Å². The highest BCUT2D eigenvalue weighted by Crippen LogP contribution is 2.13. The number of ether oxygens (including phenoxy) is 2. The molecule has 0 saturated carbocycles. The molecule has 1 N–H and O–H groups in total. The third-order valence-electron chi connectivity index (χ3n) is 2.33. The van der Waals surface area contributed by atoms with Crippen LogP contribution in [-0.2, 0) is 9.53 Å². The van der Waals surface area contributed by atoms with E-state index in [4.69, 9.17) is 9.47 Å². The quantitative estimate of drug-likeness (QED) is 0.783. The maximum absolute atomic E-state index is 11.6. The summed E-state index contributed by atoms with van der Waals surface area (Å²) in [5.41, 5.74) is 0.920. The summed E-state index contributed by atoms with van der Waals surface area (Å²) in [6.45, 7) is 2.39. The van der Waals surface area contributed by atoms with Gasteiger partial charge in [0.1, 0.15) is 5.75 Å². The molecule has 0 aliphatic rings. The number of methoxy groups -OCH3 is 2. The van der Waals surface area contributed by atoms with Crippen molar-refractivity contribution >= 4 is 12.0 Å². The fourth-order valence-electron chi connectivity index (χ4n) is 1.50. The van der Waals surface area contributed by atoms with Crippen LogP contribution in [0.15, 0.2) is 30.3 Å². The maximum Gasteiger partial charge on any atom is 0.244 e. The van der Waals surface area contributed by atoms with Gasteiger partial charge in [0.2, 0.25) is 5.91 Å². The summed E-state index contributed by atoms with van der Waals surface area (Å²) < 4.78 is 10.0. The van der Waals surface area contributed by atoms with E-state index >= 15 is 0 Å². The molecule has 0 fully saturated rings. The molecule has 98 valence electrons. The molecule has 1 unspecified atom stereocenters. The molecule has 4 nitrogen and oxygen atoms in total. The fourth-order valence-corrected chi connectivity index (χ4v) is 1.50. The minimum atomic E-state index is -0.137. The van der Waals surface area contributed by atoms with E-state index in [-0.39, 0.29) is 11.9 Å². The van der Waals surface area contributed by atoms with Crippen LogP contribution in [-0.4, -0.2) is 32.8 Å². The van der Waals surface area contributed by atoms with Gasteiger partial charge in [-0.15, -0.1) is 0 Å². The molecule has 18 heavy (non-hydrogen) atoms. The summed E-state index contributed by atoms with van der Waals surface area (Å²) in [6, 6.07) is 7.51. The Morgan fingerprint density at radius 2 is 2.22 bits per heavy atom. The number of hydrogen-bond donors (Lipinski definition) is 1. The van der Waals surface area contributed by atoms with E-state index < -0.39 is 0 Å². The van der Waals surface area contributed by atoms with Crippen LogP contribution >= 0.6 is 0 Å². The van der Waals surface area contributed by atoms with Gasteiger partial charge >= 0.3 is 0 Å². The Morgan fingerprint density at radius 3 is 2.89 bits per heavy atom. The number of rotatable bonds is 6. The third-order valence-corrected chi connectivity index (χ3v) is 2.33. The molecular weight excluding hydrogens is 230 g/mol. The molecule has 0 aromatic heterocycles. The van der Waals surface area contributed by atoms with Gasteiger partial charge < -0.3 is 14.8 Å². The van der Waals surface area contributed by atoms with Crippen molar-refractivity contribution in [3.05, 3.63) is 35.9 Å². The average molecular weight is 249 g/mol. The van der Waals surface area contributed by atoms with Crippen LogP contribution in [0.25, 0.3) is 6.08 Å². The zero-order valence-electron chi connectivity index (χ0n) is 11.0. The van der Waals surface area contributed by atoms with Gasteiger partial charge in [0.15, 0.2) is 0 Å². The van der Waals surface area contributed by atoms with Crippen LogP contribution in [0, 0.1) is 0 Å². The number of nitrogens with one attached hydrogen (secondary N) is 1. The molecule has 0 aliphatic carbocycles. The zero-order valence-corrected chi connectivity index (χ0v) is 11.0. The smallest absolute Gasteiger partial charge is 0.244 e. The highest BCUT2D eigenvalue weighted by molar-refractivity contribution is 5.91. The standard InChI is InChI=1S/C14H19NO3/c1-11(10-17-2)15-14(16)8-7-12-5-4-6-13(9-12)18-3/h4-9,11H,10H2,1-3H3,(H,15,16)/b8-7+. The van der Waals surface area contributed by atoms with E-state index in [1.54, 1.807) is 20.3 Å². The van der Waals surface area contributed by atoms with Crippen LogP contribution in [0.3, 0.4) is 0 Å². The van der Waals surface area contributed by atoms with Gasteiger partial charge in [-0.1, -0.05) is 12.1 Å². The number of amides is 1. The van der Waals surface area contributed by atoms with E-state index in [9.17, 15) is 4.79 Å². The zero-order chi connectivity index (χ0) is 13.4. The van der Waals surface area contributed by atoms with Crippen molar-refractivity contribution in [1.82, 2.24) is 5.32 Å². The Kier molecular flexibility index (Phi) is 5.94. The number of benzene rings is 1. The number of carbonyl (C=O) groups excluding carboxylic acids is 1. The molecular formula is C14H19NO3. The summed E-state index contributed by atoms with van der Waals surface area (Å²) in [4.78, 5) is 11.6. The van der Waals surface area contributed by atoms with Crippen LogP contribution in [0.4, 0.5) is 0 Å². The Labute approximate surface area is 108 Å². The number of hydrogen-bond acceptors (Lipinski definition) is 3. The monoisotopic (exact) mass is 249 g/mol. The SMILES string of the molecule is COCC(C)NC(=O)/C=C/c1cccc(OC)c1. The molecule has 0 aliphatic heterocycles. The van der Waals surface area contributed by atoms with Crippen molar-refractivity contribution in [2.75, 3.05) is 20.8 Å². The van der Waals surface area contributed by atoms with Crippen molar-refractivity contribution in [2.24, 2.45) is 0 Å². The van der Waals surface area contributed by atoms with Gasteiger partial charge in [-0.25, -0.2) is 0 Å². The fraction of sp³-hybridized carbons (Fsp3) is 0.357. The van der Waals surface area contributed by atoms with Crippen LogP contribution in [0.2, 0.25) is 0 Å². The van der Waals surface area contributed by atoms with Gasteiger partial charge in [0, 0.05) is 19.2 Å². The molecule has 1 amide bonds. The van der Waals surface area contributed by atoms with E-state index in [2.05, 4.69) is 5.32 Å².